The Morgan fingerprint density at radius 3 is 2.76 bits per heavy atom. The van der Waals surface area contributed by atoms with Crippen LogP contribution in [-0.2, 0) is 4.74 Å². The van der Waals surface area contributed by atoms with E-state index in [4.69, 9.17) is 19.2 Å². The fourth-order valence-corrected chi connectivity index (χ4v) is 3.88. The van der Waals surface area contributed by atoms with Gasteiger partial charge >= 0.3 is 0 Å². The number of pyridine rings is 1. The van der Waals surface area contributed by atoms with E-state index in [0.717, 1.165) is 85.2 Å². The highest BCUT2D eigenvalue weighted by molar-refractivity contribution is 5.93. The first-order chi connectivity index (χ1) is 14.4. The summed E-state index contributed by atoms with van der Waals surface area (Å²) in [6, 6.07) is 16.4. The maximum Gasteiger partial charge on any atom is 0.231 e. The number of ether oxygens (including phenoxy) is 3. The van der Waals surface area contributed by atoms with Gasteiger partial charge in [0.15, 0.2) is 11.5 Å². The van der Waals surface area contributed by atoms with Gasteiger partial charge in [0.05, 0.1) is 24.4 Å². The van der Waals surface area contributed by atoms with Crippen LogP contribution >= 0.6 is 0 Å². The van der Waals surface area contributed by atoms with Gasteiger partial charge in [-0.3, -0.25) is 4.90 Å². The molecule has 2 aliphatic heterocycles. The van der Waals surface area contributed by atoms with Crippen LogP contribution in [0, 0.1) is 0 Å². The summed E-state index contributed by atoms with van der Waals surface area (Å²) in [6.07, 6.45) is 1.09. The number of benzene rings is 2. The molecule has 2 aliphatic rings. The largest absolute Gasteiger partial charge is 0.454 e. The number of aromatic nitrogens is 1. The molecular formula is C23H25N3O3. The number of morpholine rings is 1. The Hall–Kier alpha value is -2.83. The zero-order valence-electron chi connectivity index (χ0n) is 16.4. The summed E-state index contributed by atoms with van der Waals surface area (Å²) in [7, 11) is 0. The third kappa shape index (κ3) is 3.99. The molecule has 1 N–H and O–H groups in total. The summed E-state index contributed by atoms with van der Waals surface area (Å²) in [4.78, 5) is 7.34. The smallest absolute Gasteiger partial charge is 0.231 e. The maximum atomic E-state index is 5.54. The predicted octanol–water partition coefficient (Wildman–Crippen LogP) is 3.76. The van der Waals surface area contributed by atoms with Crippen molar-refractivity contribution in [1.29, 1.82) is 0 Å². The summed E-state index contributed by atoms with van der Waals surface area (Å²) in [6.45, 7) is 6.06. The van der Waals surface area contributed by atoms with E-state index < -0.39 is 0 Å². The van der Waals surface area contributed by atoms with E-state index in [0.29, 0.717) is 0 Å². The molecule has 0 atom stereocenters. The van der Waals surface area contributed by atoms with Crippen LogP contribution < -0.4 is 14.8 Å². The number of nitrogens with one attached hydrogen (secondary N) is 1. The zero-order valence-corrected chi connectivity index (χ0v) is 16.4. The van der Waals surface area contributed by atoms with Crippen LogP contribution in [0.5, 0.6) is 11.5 Å². The molecule has 3 heterocycles. The summed E-state index contributed by atoms with van der Waals surface area (Å²) >= 11 is 0. The molecule has 1 fully saturated rings. The Morgan fingerprint density at radius 1 is 0.966 bits per heavy atom. The van der Waals surface area contributed by atoms with Gasteiger partial charge in [0, 0.05) is 36.3 Å². The van der Waals surface area contributed by atoms with Crippen LogP contribution in [-0.4, -0.2) is 56.1 Å². The van der Waals surface area contributed by atoms with E-state index in [1.54, 1.807) is 0 Å². The minimum atomic E-state index is 0.278. The number of anilines is 1. The Labute approximate surface area is 170 Å². The Morgan fingerprint density at radius 2 is 1.83 bits per heavy atom. The van der Waals surface area contributed by atoms with Crippen molar-refractivity contribution in [3.8, 4) is 22.8 Å². The standard InChI is InChI=1S/C23H25N3O3/c1-2-5-19-18(4-1)21(24-8-3-9-26-10-12-27-13-11-26)15-20(25-19)17-6-7-22-23(14-17)29-16-28-22/h1-2,4-7,14-15H,3,8-13,16H2,(H,24,25). The van der Waals surface area contributed by atoms with E-state index in [-0.39, 0.29) is 6.79 Å². The van der Waals surface area contributed by atoms with E-state index in [1.807, 2.05) is 24.3 Å². The Kier molecular flexibility index (Phi) is 5.19. The van der Waals surface area contributed by atoms with Crippen molar-refractivity contribution in [2.45, 2.75) is 6.42 Å². The van der Waals surface area contributed by atoms with Crippen molar-refractivity contribution >= 4 is 16.6 Å². The van der Waals surface area contributed by atoms with Gasteiger partial charge in [0.1, 0.15) is 0 Å². The first-order valence-electron chi connectivity index (χ1n) is 10.2. The minimum Gasteiger partial charge on any atom is -0.454 e. The number of rotatable bonds is 6. The molecule has 0 spiro atoms. The Bertz CT molecular complexity index is 1000. The lowest BCUT2D eigenvalue weighted by Crippen LogP contribution is -2.37. The minimum absolute atomic E-state index is 0.278. The molecule has 1 saturated heterocycles. The number of hydrogen-bond acceptors (Lipinski definition) is 6. The summed E-state index contributed by atoms with van der Waals surface area (Å²) in [5, 5.41) is 4.78. The quantitative estimate of drug-likeness (QED) is 0.646. The molecule has 0 aliphatic carbocycles. The van der Waals surface area contributed by atoms with Crippen LogP contribution in [0.2, 0.25) is 0 Å². The van der Waals surface area contributed by atoms with Crippen LogP contribution in [0.25, 0.3) is 22.2 Å². The lowest BCUT2D eigenvalue weighted by atomic mass is 10.1. The first-order valence-corrected chi connectivity index (χ1v) is 10.2. The van der Waals surface area contributed by atoms with Gasteiger partial charge < -0.3 is 19.5 Å². The van der Waals surface area contributed by atoms with Crippen LogP contribution in [0.4, 0.5) is 5.69 Å². The van der Waals surface area contributed by atoms with Gasteiger partial charge in [-0.2, -0.15) is 0 Å². The third-order valence-corrected chi connectivity index (χ3v) is 5.45. The molecular weight excluding hydrogens is 366 g/mol. The van der Waals surface area contributed by atoms with Crippen molar-refractivity contribution in [2.75, 3.05) is 51.5 Å². The molecule has 29 heavy (non-hydrogen) atoms. The third-order valence-electron chi connectivity index (χ3n) is 5.45. The van der Waals surface area contributed by atoms with E-state index in [9.17, 15) is 0 Å². The van der Waals surface area contributed by atoms with Crippen molar-refractivity contribution < 1.29 is 14.2 Å². The van der Waals surface area contributed by atoms with Crippen LogP contribution in [0.15, 0.2) is 48.5 Å². The fourth-order valence-electron chi connectivity index (χ4n) is 3.88. The van der Waals surface area contributed by atoms with Crippen molar-refractivity contribution in [1.82, 2.24) is 9.88 Å². The summed E-state index contributed by atoms with van der Waals surface area (Å²) in [5.74, 6) is 1.56. The normalized spacial score (nSPS) is 16.3. The van der Waals surface area contributed by atoms with E-state index >= 15 is 0 Å². The highest BCUT2D eigenvalue weighted by atomic mass is 16.7. The van der Waals surface area contributed by atoms with Gasteiger partial charge in [-0.1, -0.05) is 18.2 Å². The molecule has 6 nitrogen and oxygen atoms in total. The monoisotopic (exact) mass is 391 g/mol. The highest BCUT2D eigenvalue weighted by Crippen LogP contribution is 2.36. The molecule has 0 radical (unpaired) electrons. The molecule has 3 aromatic rings. The SMILES string of the molecule is c1ccc2c(NCCCN3CCOCC3)cc(-c3ccc4c(c3)OCO4)nc2c1. The van der Waals surface area contributed by atoms with Crippen LogP contribution in [0.1, 0.15) is 6.42 Å². The molecule has 0 unspecified atom stereocenters. The van der Waals surface area contributed by atoms with Gasteiger partial charge in [0.2, 0.25) is 6.79 Å². The second-order valence-electron chi connectivity index (χ2n) is 7.37. The number of nitrogens with zero attached hydrogens (tertiary/aromatic N) is 2. The molecule has 0 saturated carbocycles. The molecule has 6 heteroatoms. The van der Waals surface area contributed by atoms with Crippen molar-refractivity contribution in [3.63, 3.8) is 0 Å². The lowest BCUT2D eigenvalue weighted by molar-refractivity contribution is 0.0378. The highest BCUT2D eigenvalue weighted by Gasteiger charge is 2.15. The van der Waals surface area contributed by atoms with Crippen molar-refractivity contribution in [3.05, 3.63) is 48.5 Å². The first kappa shape index (κ1) is 18.2. The van der Waals surface area contributed by atoms with Gasteiger partial charge in [-0.25, -0.2) is 4.98 Å². The average molecular weight is 391 g/mol. The lowest BCUT2D eigenvalue weighted by Gasteiger charge is -2.26. The van der Waals surface area contributed by atoms with Crippen LogP contribution in [0.3, 0.4) is 0 Å². The summed E-state index contributed by atoms with van der Waals surface area (Å²) in [5.41, 5.74) is 4.05. The Balaban J connectivity index is 1.36. The molecule has 1 aromatic heterocycles. The average Bonchev–Trinajstić information content (AvgIpc) is 3.25. The predicted molar refractivity (Wildman–Crippen MR) is 114 cm³/mol. The van der Waals surface area contributed by atoms with E-state index in [1.165, 1.54) is 0 Å². The van der Waals surface area contributed by atoms with Gasteiger partial charge in [-0.15, -0.1) is 0 Å². The molecule has 5 rings (SSSR count). The maximum absolute atomic E-state index is 5.54. The zero-order chi connectivity index (χ0) is 19.5. The molecule has 150 valence electrons. The van der Waals surface area contributed by atoms with E-state index in [2.05, 4.69) is 34.5 Å². The van der Waals surface area contributed by atoms with Gasteiger partial charge in [-0.05, 0) is 43.3 Å². The number of hydrogen-bond donors (Lipinski definition) is 1. The van der Waals surface area contributed by atoms with Crippen molar-refractivity contribution in [2.24, 2.45) is 0 Å². The number of fused-ring (bicyclic) bond motifs is 2. The molecule has 2 aromatic carbocycles. The fraction of sp³-hybridized carbons (Fsp3) is 0.348. The summed E-state index contributed by atoms with van der Waals surface area (Å²) < 4.78 is 16.4. The second kappa shape index (κ2) is 8.27. The molecule has 0 amide bonds. The molecule has 0 bridgehead atoms. The number of para-hydroxylation sites is 1. The topological polar surface area (TPSA) is 55.9 Å². The second-order valence-corrected chi connectivity index (χ2v) is 7.37. The van der Waals surface area contributed by atoms with Gasteiger partial charge in [0.25, 0.3) is 0 Å².